The molecule has 0 radical (unpaired) electrons. The number of rotatable bonds is 4. The number of hydrogen-bond acceptors (Lipinski definition) is 3. The predicted molar refractivity (Wildman–Crippen MR) is 90.1 cm³/mol. The van der Waals surface area contributed by atoms with Gasteiger partial charge in [0.25, 0.3) is 0 Å². The van der Waals surface area contributed by atoms with E-state index in [2.05, 4.69) is 11.9 Å². The van der Waals surface area contributed by atoms with E-state index in [1.807, 2.05) is 19.1 Å². The molecule has 4 nitrogen and oxygen atoms in total. The van der Waals surface area contributed by atoms with Crippen LogP contribution < -0.4 is 4.74 Å². The summed E-state index contributed by atoms with van der Waals surface area (Å²) < 4.78 is 6.23. The van der Waals surface area contributed by atoms with E-state index in [0.717, 1.165) is 30.3 Å². The number of aromatic nitrogens is 1. The molecule has 1 aliphatic rings. The number of nitrogens with zero attached hydrogens (tertiary/aromatic N) is 1. The summed E-state index contributed by atoms with van der Waals surface area (Å²) in [5.74, 6) is 0.376. The first-order valence-corrected chi connectivity index (χ1v) is 8.40. The standard InChI is InChI=1S/C19H23NO3/c1-3-13-7-8-16(23-14-6-4-5-12(2)11-14)17-15(19(21)22)9-10-20-18(13)17/h7-10,12,14H,3-6,11H2,1-2H3,(H,21,22)/t12-,14-/m1/s1. The van der Waals surface area contributed by atoms with Gasteiger partial charge >= 0.3 is 5.97 Å². The van der Waals surface area contributed by atoms with Crippen molar-refractivity contribution in [2.75, 3.05) is 0 Å². The van der Waals surface area contributed by atoms with Crippen LogP contribution in [-0.2, 0) is 6.42 Å². The Morgan fingerprint density at radius 2 is 2.17 bits per heavy atom. The molecule has 0 aliphatic heterocycles. The molecule has 23 heavy (non-hydrogen) atoms. The largest absolute Gasteiger partial charge is 0.490 e. The van der Waals surface area contributed by atoms with Gasteiger partial charge in [-0.3, -0.25) is 4.98 Å². The first-order valence-electron chi connectivity index (χ1n) is 8.40. The Hall–Kier alpha value is -2.10. The fraction of sp³-hybridized carbons (Fsp3) is 0.474. The van der Waals surface area contributed by atoms with Crippen molar-refractivity contribution in [3.63, 3.8) is 0 Å². The van der Waals surface area contributed by atoms with E-state index in [4.69, 9.17) is 4.74 Å². The van der Waals surface area contributed by atoms with Crippen molar-refractivity contribution in [3.8, 4) is 5.75 Å². The van der Waals surface area contributed by atoms with Crippen LogP contribution in [0.4, 0.5) is 0 Å². The molecule has 0 saturated heterocycles. The van der Waals surface area contributed by atoms with Crippen molar-refractivity contribution in [1.82, 2.24) is 4.98 Å². The molecule has 1 N–H and O–H groups in total. The minimum atomic E-state index is -0.937. The molecule has 1 heterocycles. The number of ether oxygens (including phenoxy) is 1. The summed E-state index contributed by atoms with van der Waals surface area (Å²) in [4.78, 5) is 16.0. The minimum absolute atomic E-state index is 0.163. The number of hydrogen-bond donors (Lipinski definition) is 1. The maximum atomic E-state index is 11.6. The molecule has 1 aliphatic carbocycles. The summed E-state index contributed by atoms with van der Waals surface area (Å²) in [6.45, 7) is 4.30. The molecular formula is C19H23NO3. The van der Waals surface area contributed by atoms with Gasteiger partial charge in [-0.15, -0.1) is 0 Å². The van der Waals surface area contributed by atoms with Crippen molar-refractivity contribution in [2.24, 2.45) is 5.92 Å². The summed E-state index contributed by atoms with van der Waals surface area (Å²) in [5, 5.41) is 10.2. The third-order valence-corrected chi connectivity index (χ3v) is 4.73. The Bertz CT molecular complexity index is 726. The zero-order valence-corrected chi connectivity index (χ0v) is 13.7. The lowest BCUT2D eigenvalue weighted by atomic mass is 9.88. The number of carbonyl (C=O) groups is 1. The Balaban J connectivity index is 2.07. The summed E-state index contributed by atoms with van der Waals surface area (Å²) in [5.41, 5.74) is 2.06. The lowest BCUT2D eigenvalue weighted by Crippen LogP contribution is -2.24. The SMILES string of the molecule is CCc1ccc(O[C@@H]2CCC[C@@H](C)C2)c2c(C(=O)O)ccnc12. The monoisotopic (exact) mass is 313 g/mol. The van der Waals surface area contributed by atoms with Gasteiger partial charge in [0.2, 0.25) is 0 Å². The van der Waals surface area contributed by atoms with Crippen LogP contribution in [0.15, 0.2) is 24.4 Å². The topological polar surface area (TPSA) is 59.4 Å². The van der Waals surface area contributed by atoms with Gasteiger partial charge in [0.05, 0.1) is 22.6 Å². The highest BCUT2D eigenvalue weighted by atomic mass is 16.5. The number of benzene rings is 1. The number of carboxylic acids is 1. The second-order valence-corrected chi connectivity index (χ2v) is 6.48. The molecular weight excluding hydrogens is 290 g/mol. The Kier molecular flexibility index (Phi) is 4.51. The van der Waals surface area contributed by atoms with Crippen LogP contribution in [0, 0.1) is 5.92 Å². The van der Waals surface area contributed by atoms with Gasteiger partial charge in [-0.2, -0.15) is 0 Å². The molecule has 122 valence electrons. The lowest BCUT2D eigenvalue weighted by molar-refractivity contribution is 0.0698. The Morgan fingerprint density at radius 3 is 2.87 bits per heavy atom. The van der Waals surface area contributed by atoms with Gasteiger partial charge in [0.1, 0.15) is 5.75 Å². The van der Waals surface area contributed by atoms with Crippen molar-refractivity contribution < 1.29 is 14.6 Å². The Morgan fingerprint density at radius 1 is 1.35 bits per heavy atom. The average molecular weight is 313 g/mol. The van der Waals surface area contributed by atoms with E-state index >= 15 is 0 Å². The quantitative estimate of drug-likeness (QED) is 0.905. The third-order valence-electron chi connectivity index (χ3n) is 4.73. The van der Waals surface area contributed by atoms with Gasteiger partial charge in [0.15, 0.2) is 0 Å². The predicted octanol–water partition coefficient (Wildman–Crippen LogP) is 4.45. The van der Waals surface area contributed by atoms with E-state index in [0.29, 0.717) is 17.1 Å². The highest BCUT2D eigenvalue weighted by Gasteiger charge is 2.23. The number of carboxylic acid groups (broad SMARTS) is 1. The fourth-order valence-electron chi connectivity index (χ4n) is 3.52. The van der Waals surface area contributed by atoms with E-state index in [1.54, 1.807) is 12.3 Å². The normalized spacial score (nSPS) is 21.3. The lowest BCUT2D eigenvalue weighted by Gasteiger charge is -2.28. The molecule has 2 atom stereocenters. The van der Waals surface area contributed by atoms with E-state index < -0.39 is 5.97 Å². The maximum Gasteiger partial charge on any atom is 0.336 e. The Labute approximate surface area is 136 Å². The van der Waals surface area contributed by atoms with Crippen LogP contribution >= 0.6 is 0 Å². The molecule has 4 heteroatoms. The van der Waals surface area contributed by atoms with Crippen LogP contribution in [0.2, 0.25) is 0 Å². The smallest absolute Gasteiger partial charge is 0.336 e. The second kappa shape index (κ2) is 6.57. The van der Waals surface area contributed by atoms with Crippen LogP contribution in [0.5, 0.6) is 5.75 Å². The zero-order chi connectivity index (χ0) is 16.4. The molecule has 0 spiro atoms. The molecule has 0 bridgehead atoms. The highest BCUT2D eigenvalue weighted by Crippen LogP contribution is 2.34. The molecule has 1 aromatic carbocycles. The molecule has 2 aromatic rings. The fourth-order valence-corrected chi connectivity index (χ4v) is 3.52. The number of aromatic carboxylic acids is 1. The molecule has 1 saturated carbocycles. The van der Waals surface area contributed by atoms with E-state index in [-0.39, 0.29) is 11.7 Å². The zero-order valence-electron chi connectivity index (χ0n) is 13.7. The summed E-state index contributed by atoms with van der Waals surface area (Å²) in [7, 11) is 0. The average Bonchev–Trinajstić information content (AvgIpc) is 2.54. The number of pyridine rings is 1. The number of fused-ring (bicyclic) bond motifs is 1. The van der Waals surface area contributed by atoms with Gasteiger partial charge in [0, 0.05) is 6.20 Å². The van der Waals surface area contributed by atoms with E-state index in [1.165, 1.54) is 12.8 Å². The molecule has 0 amide bonds. The van der Waals surface area contributed by atoms with Gasteiger partial charge in [-0.05, 0) is 49.3 Å². The summed E-state index contributed by atoms with van der Waals surface area (Å²) in [6, 6.07) is 5.47. The van der Waals surface area contributed by atoms with Crippen molar-refractivity contribution in [1.29, 1.82) is 0 Å². The van der Waals surface area contributed by atoms with Crippen molar-refractivity contribution in [2.45, 2.75) is 52.1 Å². The van der Waals surface area contributed by atoms with Crippen LogP contribution in [0.1, 0.15) is 55.5 Å². The van der Waals surface area contributed by atoms with Gasteiger partial charge < -0.3 is 9.84 Å². The van der Waals surface area contributed by atoms with Gasteiger partial charge in [-0.25, -0.2) is 4.79 Å². The molecule has 1 fully saturated rings. The molecule has 0 unspecified atom stereocenters. The summed E-state index contributed by atoms with van der Waals surface area (Å²) in [6.07, 6.45) is 7.02. The molecule has 1 aromatic heterocycles. The van der Waals surface area contributed by atoms with Crippen LogP contribution in [0.3, 0.4) is 0 Å². The first-order chi connectivity index (χ1) is 11.1. The first kappa shape index (κ1) is 15.8. The van der Waals surface area contributed by atoms with Crippen LogP contribution in [0.25, 0.3) is 10.9 Å². The van der Waals surface area contributed by atoms with E-state index in [9.17, 15) is 9.90 Å². The second-order valence-electron chi connectivity index (χ2n) is 6.48. The summed E-state index contributed by atoms with van der Waals surface area (Å²) >= 11 is 0. The maximum absolute atomic E-state index is 11.6. The minimum Gasteiger partial charge on any atom is -0.490 e. The van der Waals surface area contributed by atoms with Gasteiger partial charge in [-0.1, -0.05) is 26.3 Å². The third kappa shape index (κ3) is 3.16. The van der Waals surface area contributed by atoms with Crippen LogP contribution in [-0.4, -0.2) is 22.2 Å². The number of aryl methyl sites for hydroxylation is 1. The van der Waals surface area contributed by atoms with Crippen molar-refractivity contribution in [3.05, 3.63) is 35.5 Å². The molecule has 3 rings (SSSR count). The van der Waals surface area contributed by atoms with Crippen molar-refractivity contribution >= 4 is 16.9 Å². The highest BCUT2D eigenvalue weighted by molar-refractivity contribution is 6.05.